The van der Waals surface area contributed by atoms with Crippen LogP contribution >= 0.6 is 0 Å². The molecule has 1 rings (SSSR count). The SMILES string of the molecule is CC(=O)OC[C@H]1OC(O)[C@H](OC(C)=O)[C@@]1(OC(C)=O)C(C)=O. The van der Waals surface area contributed by atoms with Gasteiger partial charge in [0.05, 0.1) is 0 Å². The van der Waals surface area contributed by atoms with E-state index in [1.54, 1.807) is 0 Å². The lowest BCUT2D eigenvalue weighted by Crippen LogP contribution is -2.59. The molecule has 1 saturated heterocycles. The smallest absolute Gasteiger partial charge is 0.303 e. The number of hydrogen-bond acceptors (Lipinski definition) is 9. The first-order chi connectivity index (χ1) is 10.1. The number of hydrogen-bond donors (Lipinski definition) is 1. The molecule has 9 nitrogen and oxygen atoms in total. The van der Waals surface area contributed by atoms with Gasteiger partial charge in [-0.05, 0) is 6.92 Å². The summed E-state index contributed by atoms with van der Waals surface area (Å²) in [4.78, 5) is 45.6. The summed E-state index contributed by atoms with van der Waals surface area (Å²) in [5.41, 5.74) is -2.09. The van der Waals surface area contributed by atoms with Gasteiger partial charge in [-0.15, -0.1) is 0 Å². The first-order valence-corrected chi connectivity index (χ1v) is 6.46. The molecule has 0 aromatic rings. The van der Waals surface area contributed by atoms with Gasteiger partial charge >= 0.3 is 17.9 Å². The van der Waals surface area contributed by atoms with Gasteiger partial charge in [-0.2, -0.15) is 0 Å². The molecule has 0 aromatic heterocycles. The average molecular weight is 318 g/mol. The van der Waals surface area contributed by atoms with Gasteiger partial charge in [0.15, 0.2) is 12.1 Å². The second kappa shape index (κ2) is 6.84. The number of esters is 3. The van der Waals surface area contributed by atoms with Crippen molar-refractivity contribution in [1.29, 1.82) is 0 Å². The maximum Gasteiger partial charge on any atom is 0.303 e. The highest BCUT2D eigenvalue weighted by atomic mass is 16.7. The van der Waals surface area contributed by atoms with E-state index in [1.165, 1.54) is 0 Å². The van der Waals surface area contributed by atoms with E-state index >= 15 is 0 Å². The van der Waals surface area contributed by atoms with Gasteiger partial charge in [-0.1, -0.05) is 0 Å². The van der Waals surface area contributed by atoms with Crippen molar-refractivity contribution in [3.05, 3.63) is 0 Å². The Balaban J connectivity index is 3.24. The molecule has 0 radical (unpaired) electrons. The quantitative estimate of drug-likeness (QED) is 0.506. The summed E-state index contributed by atoms with van der Waals surface area (Å²) in [6.07, 6.45) is -4.59. The zero-order chi connectivity index (χ0) is 17.1. The van der Waals surface area contributed by atoms with Crippen LogP contribution < -0.4 is 0 Å². The number of ketones is 1. The Morgan fingerprint density at radius 1 is 1.05 bits per heavy atom. The Bertz CT molecular complexity index is 486. The van der Waals surface area contributed by atoms with Crippen LogP contribution in [-0.4, -0.2) is 59.5 Å². The Labute approximate surface area is 126 Å². The number of ether oxygens (including phenoxy) is 4. The molecule has 0 aromatic carbocycles. The maximum absolute atomic E-state index is 12.1. The lowest BCUT2D eigenvalue weighted by atomic mass is 9.88. The third-order valence-electron chi connectivity index (χ3n) is 3.06. The highest BCUT2D eigenvalue weighted by molar-refractivity contribution is 5.90. The zero-order valence-electron chi connectivity index (χ0n) is 12.7. The lowest BCUT2D eigenvalue weighted by Gasteiger charge is -2.33. The van der Waals surface area contributed by atoms with Crippen molar-refractivity contribution < 1.29 is 43.2 Å². The molecule has 1 N–H and O–H groups in total. The van der Waals surface area contributed by atoms with E-state index in [-0.39, 0.29) is 0 Å². The molecule has 4 atom stereocenters. The molecule has 0 aliphatic carbocycles. The molecular formula is C13H18O9. The van der Waals surface area contributed by atoms with Gasteiger partial charge in [0.1, 0.15) is 12.7 Å². The minimum absolute atomic E-state index is 0.461. The monoisotopic (exact) mass is 318 g/mol. The number of carbonyl (C=O) groups is 4. The molecule has 0 saturated carbocycles. The minimum atomic E-state index is -2.09. The molecule has 0 spiro atoms. The van der Waals surface area contributed by atoms with Crippen LogP contribution in [-0.2, 0) is 38.1 Å². The maximum atomic E-state index is 12.1. The third-order valence-corrected chi connectivity index (χ3v) is 3.06. The van der Waals surface area contributed by atoms with E-state index in [9.17, 15) is 24.3 Å². The van der Waals surface area contributed by atoms with Gasteiger partial charge in [0.25, 0.3) is 0 Å². The van der Waals surface area contributed by atoms with Crippen LogP contribution in [0.1, 0.15) is 27.7 Å². The van der Waals surface area contributed by atoms with Crippen LogP contribution in [0.4, 0.5) is 0 Å². The van der Waals surface area contributed by atoms with Gasteiger partial charge < -0.3 is 24.1 Å². The summed E-state index contributed by atoms with van der Waals surface area (Å²) in [6.45, 7) is 3.86. The van der Waals surface area contributed by atoms with Crippen molar-refractivity contribution in [3.63, 3.8) is 0 Å². The van der Waals surface area contributed by atoms with Crippen molar-refractivity contribution in [2.24, 2.45) is 0 Å². The average Bonchev–Trinajstić information content (AvgIpc) is 2.61. The Morgan fingerprint density at radius 3 is 2.05 bits per heavy atom. The summed E-state index contributed by atoms with van der Waals surface area (Å²) in [5, 5.41) is 9.89. The number of aliphatic hydroxyl groups excluding tert-OH is 1. The van der Waals surface area contributed by atoms with Crippen LogP contribution in [0.3, 0.4) is 0 Å². The van der Waals surface area contributed by atoms with Crippen molar-refractivity contribution in [2.75, 3.05) is 6.61 Å². The first-order valence-electron chi connectivity index (χ1n) is 6.46. The fourth-order valence-electron chi connectivity index (χ4n) is 2.28. The van der Waals surface area contributed by atoms with Gasteiger partial charge in [-0.3, -0.25) is 19.2 Å². The van der Waals surface area contributed by atoms with E-state index in [4.69, 9.17) is 18.9 Å². The summed E-state index contributed by atoms with van der Waals surface area (Å²) in [7, 11) is 0. The molecule has 0 bridgehead atoms. The Morgan fingerprint density at radius 2 is 1.64 bits per heavy atom. The molecule has 9 heteroatoms. The lowest BCUT2D eigenvalue weighted by molar-refractivity contribution is -0.192. The summed E-state index contributed by atoms with van der Waals surface area (Å²) in [6, 6.07) is 0. The first kappa shape index (κ1) is 18.1. The highest BCUT2D eigenvalue weighted by Crippen LogP contribution is 2.37. The van der Waals surface area contributed by atoms with Crippen molar-refractivity contribution in [1.82, 2.24) is 0 Å². The van der Waals surface area contributed by atoms with Gasteiger partial charge in [-0.25, -0.2) is 0 Å². The van der Waals surface area contributed by atoms with E-state index < -0.39 is 54.4 Å². The topological polar surface area (TPSA) is 125 Å². The normalized spacial score (nSPS) is 30.5. The fourth-order valence-corrected chi connectivity index (χ4v) is 2.28. The molecule has 1 aliphatic rings. The summed E-state index contributed by atoms with van der Waals surface area (Å²) >= 11 is 0. The fraction of sp³-hybridized carbons (Fsp3) is 0.692. The van der Waals surface area contributed by atoms with Crippen molar-refractivity contribution >= 4 is 23.7 Å². The summed E-state index contributed by atoms with van der Waals surface area (Å²) in [5.74, 6) is -3.03. The standard InChI is InChI=1S/C13H18O9/c1-6(14)13(22-9(4)17)10(5-19-7(2)15)21-12(18)11(13)20-8(3)16/h10-12,18H,5H2,1-4H3/t10-,11+,12?,13-/m1/s1. The molecule has 1 fully saturated rings. The highest BCUT2D eigenvalue weighted by Gasteiger charge is 2.65. The number of Topliss-reactive ketones (excluding diaryl/α,β-unsaturated/α-hetero) is 1. The Kier molecular flexibility index (Phi) is 5.61. The predicted octanol–water partition coefficient (Wildman–Crippen LogP) is -0.911. The molecule has 1 heterocycles. The van der Waals surface area contributed by atoms with Crippen LogP contribution in [0.25, 0.3) is 0 Å². The second-order valence-electron chi connectivity index (χ2n) is 4.79. The second-order valence-corrected chi connectivity index (χ2v) is 4.79. The van der Waals surface area contributed by atoms with Crippen molar-refractivity contribution in [3.8, 4) is 0 Å². The van der Waals surface area contributed by atoms with E-state index in [0.29, 0.717) is 0 Å². The summed E-state index contributed by atoms with van der Waals surface area (Å²) < 4.78 is 19.8. The predicted molar refractivity (Wildman–Crippen MR) is 68.2 cm³/mol. The molecule has 1 unspecified atom stereocenters. The van der Waals surface area contributed by atoms with Crippen LogP contribution in [0.15, 0.2) is 0 Å². The molecule has 1 aliphatic heterocycles. The van der Waals surface area contributed by atoms with Gasteiger partial charge in [0.2, 0.25) is 11.7 Å². The molecule has 124 valence electrons. The third kappa shape index (κ3) is 3.60. The van der Waals surface area contributed by atoms with Gasteiger partial charge in [0, 0.05) is 20.8 Å². The number of carbonyl (C=O) groups excluding carboxylic acids is 4. The minimum Gasteiger partial charge on any atom is -0.463 e. The molecule has 0 amide bonds. The number of rotatable bonds is 5. The van der Waals surface area contributed by atoms with Crippen LogP contribution in [0, 0.1) is 0 Å². The molecular weight excluding hydrogens is 300 g/mol. The molecule has 22 heavy (non-hydrogen) atoms. The Hall–Kier alpha value is -2.00. The van der Waals surface area contributed by atoms with Crippen LogP contribution in [0.5, 0.6) is 0 Å². The van der Waals surface area contributed by atoms with E-state index in [1.807, 2.05) is 0 Å². The van der Waals surface area contributed by atoms with E-state index in [0.717, 1.165) is 27.7 Å². The van der Waals surface area contributed by atoms with Crippen LogP contribution in [0.2, 0.25) is 0 Å². The number of aliphatic hydroxyl groups is 1. The largest absolute Gasteiger partial charge is 0.463 e. The van der Waals surface area contributed by atoms with Crippen molar-refractivity contribution in [2.45, 2.75) is 51.8 Å². The zero-order valence-corrected chi connectivity index (χ0v) is 12.7. The van der Waals surface area contributed by atoms with E-state index in [2.05, 4.69) is 0 Å².